The zero-order chi connectivity index (χ0) is 13.3. The molecule has 0 unspecified atom stereocenters. The Morgan fingerprint density at radius 3 is 2.83 bits per heavy atom. The number of nitrogens with zero attached hydrogens (tertiary/aromatic N) is 2. The summed E-state index contributed by atoms with van der Waals surface area (Å²) in [6.07, 6.45) is 2.29. The molecule has 2 rings (SSSR count). The number of carbonyl (C=O) groups is 1. The van der Waals surface area contributed by atoms with Gasteiger partial charge in [-0.15, -0.1) is 0 Å². The Kier molecular flexibility index (Phi) is 3.01. The molecule has 1 heterocycles. The summed E-state index contributed by atoms with van der Waals surface area (Å²) in [5, 5.41) is 20.2. The van der Waals surface area contributed by atoms with Crippen LogP contribution in [0, 0.1) is 10.1 Å². The molecule has 0 aliphatic heterocycles. The van der Waals surface area contributed by atoms with E-state index in [1.54, 1.807) is 17.7 Å². The Hall–Kier alpha value is -2.37. The molecule has 0 saturated heterocycles. The molecule has 2 aromatic rings. The molecule has 0 bridgehead atoms. The number of hydrogen-bond donors (Lipinski definition) is 1. The van der Waals surface area contributed by atoms with E-state index in [0.717, 1.165) is 16.5 Å². The maximum atomic E-state index is 10.7. The minimum atomic E-state index is -0.853. The molecule has 0 fully saturated rings. The van der Waals surface area contributed by atoms with Crippen molar-refractivity contribution >= 4 is 22.6 Å². The van der Waals surface area contributed by atoms with Gasteiger partial charge < -0.3 is 9.67 Å². The van der Waals surface area contributed by atoms with E-state index >= 15 is 0 Å². The summed E-state index contributed by atoms with van der Waals surface area (Å²) >= 11 is 0. The smallest absolute Gasteiger partial charge is 0.303 e. The van der Waals surface area contributed by atoms with E-state index in [2.05, 4.69) is 0 Å². The largest absolute Gasteiger partial charge is 0.481 e. The zero-order valence-corrected chi connectivity index (χ0v) is 9.79. The van der Waals surface area contributed by atoms with Crippen LogP contribution >= 0.6 is 0 Å². The highest BCUT2D eigenvalue weighted by Gasteiger charge is 2.12. The number of aromatic nitrogens is 1. The molecule has 6 nitrogen and oxygen atoms in total. The van der Waals surface area contributed by atoms with Crippen molar-refractivity contribution in [3.8, 4) is 0 Å². The molecule has 0 spiro atoms. The first-order valence-corrected chi connectivity index (χ1v) is 5.43. The second-order valence-electron chi connectivity index (χ2n) is 4.12. The van der Waals surface area contributed by atoms with Crippen LogP contribution in [0.3, 0.4) is 0 Å². The van der Waals surface area contributed by atoms with Crippen molar-refractivity contribution < 1.29 is 14.8 Å². The molecule has 0 radical (unpaired) electrons. The van der Waals surface area contributed by atoms with Gasteiger partial charge in [-0.3, -0.25) is 14.9 Å². The van der Waals surface area contributed by atoms with Gasteiger partial charge in [-0.2, -0.15) is 0 Å². The third kappa shape index (κ3) is 2.17. The Morgan fingerprint density at radius 2 is 2.22 bits per heavy atom. The minimum absolute atomic E-state index is 0.0356. The number of fused-ring (bicyclic) bond motifs is 1. The third-order valence-electron chi connectivity index (χ3n) is 2.88. The summed E-state index contributed by atoms with van der Waals surface area (Å²) in [5.41, 5.74) is 1.67. The molecule has 94 valence electrons. The van der Waals surface area contributed by atoms with Gasteiger partial charge in [0, 0.05) is 37.2 Å². The first-order valence-electron chi connectivity index (χ1n) is 5.43. The van der Waals surface area contributed by atoms with Crippen molar-refractivity contribution in [3.63, 3.8) is 0 Å². The summed E-state index contributed by atoms with van der Waals surface area (Å²) in [5.74, 6) is -0.853. The van der Waals surface area contributed by atoms with Crippen LogP contribution in [0.2, 0.25) is 0 Å². The zero-order valence-electron chi connectivity index (χ0n) is 9.79. The Labute approximate surface area is 103 Å². The Balaban J connectivity index is 2.45. The molecular formula is C12H12N2O4. The van der Waals surface area contributed by atoms with Crippen LogP contribution in [0.1, 0.15) is 12.0 Å². The molecule has 1 N–H and O–H groups in total. The maximum Gasteiger partial charge on any atom is 0.303 e. The van der Waals surface area contributed by atoms with Crippen LogP contribution in [0.5, 0.6) is 0 Å². The third-order valence-corrected chi connectivity index (χ3v) is 2.88. The predicted octanol–water partition coefficient (Wildman–Crippen LogP) is 2.10. The fraction of sp³-hybridized carbons (Fsp3) is 0.250. The van der Waals surface area contributed by atoms with Crippen LogP contribution in [0.4, 0.5) is 5.69 Å². The van der Waals surface area contributed by atoms with Crippen molar-refractivity contribution in [1.29, 1.82) is 0 Å². The summed E-state index contributed by atoms with van der Waals surface area (Å²) in [6, 6.07) is 4.61. The predicted molar refractivity (Wildman–Crippen MR) is 65.5 cm³/mol. The second-order valence-corrected chi connectivity index (χ2v) is 4.12. The van der Waals surface area contributed by atoms with Crippen molar-refractivity contribution in [2.24, 2.45) is 7.05 Å². The number of nitro groups is 1. The van der Waals surface area contributed by atoms with Crippen molar-refractivity contribution in [2.45, 2.75) is 12.8 Å². The number of carboxylic acids is 1. The number of carboxylic acid groups (broad SMARTS) is 1. The molecule has 0 atom stereocenters. The van der Waals surface area contributed by atoms with E-state index in [-0.39, 0.29) is 12.1 Å². The van der Waals surface area contributed by atoms with Gasteiger partial charge in [0.15, 0.2) is 0 Å². The van der Waals surface area contributed by atoms with Crippen LogP contribution in [-0.2, 0) is 18.3 Å². The molecule has 1 aromatic carbocycles. The SMILES string of the molecule is Cn1cc(CCC(=O)O)c2ccc([N+](=O)[O-])cc21. The summed E-state index contributed by atoms with van der Waals surface area (Å²) in [6.45, 7) is 0. The number of rotatable bonds is 4. The average Bonchev–Trinajstić information content (AvgIpc) is 2.63. The second kappa shape index (κ2) is 4.48. The summed E-state index contributed by atoms with van der Waals surface area (Å²) < 4.78 is 1.78. The lowest BCUT2D eigenvalue weighted by atomic mass is 10.1. The van der Waals surface area contributed by atoms with Crippen LogP contribution in [-0.4, -0.2) is 20.6 Å². The van der Waals surface area contributed by atoms with E-state index in [0.29, 0.717) is 6.42 Å². The number of hydrogen-bond acceptors (Lipinski definition) is 3. The van der Waals surface area contributed by atoms with Gasteiger partial charge in [0.2, 0.25) is 0 Å². The molecule has 0 aliphatic carbocycles. The van der Waals surface area contributed by atoms with Crippen LogP contribution in [0.25, 0.3) is 10.9 Å². The van der Waals surface area contributed by atoms with Crippen molar-refractivity contribution in [3.05, 3.63) is 40.1 Å². The topological polar surface area (TPSA) is 85.4 Å². The lowest BCUT2D eigenvalue weighted by Crippen LogP contribution is -1.96. The monoisotopic (exact) mass is 248 g/mol. The van der Waals surface area contributed by atoms with E-state index in [4.69, 9.17) is 5.11 Å². The number of benzene rings is 1. The minimum Gasteiger partial charge on any atom is -0.481 e. The average molecular weight is 248 g/mol. The highest BCUT2D eigenvalue weighted by Crippen LogP contribution is 2.25. The van der Waals surface area contributed by atoms with Gasteiger partial charge in [0.05, 0.1) is 10.4 Å². The molecular weight excluding hydrogens is 236 g/mol. The van der Waals surface area contributed by atoms with Gasteiger partial charge >= 0.3 is 5.97 Å². The summed E-state index contributed by atoms with van der Waals surface area (Å²) in [4.78, 5) is 20.8. The van der Waals surface area contributed by atoms with Gasteiger partial charge in [-0.1, -0.05) is 0 Å². The lowest BCUT2D eigenvalue weighted by Gasteiger charge is -1.97. The summed E-state index contributed by atoms with van der Waals surface area (Å²) in [7, 11) is 1.79. The van der Waals surface area contributed by atoms with Gasteiger partial charge in [0.1, 0.15) is 0 Å². The standard InChI is InChI=1S/C12H12N2O4/c1-13-7-8(2-5-12(15)16)10-4-3-9(14(17)18)6-11(10)13/h3-4,6-7H,2,5H2,1H3,(H,15,16). The molecule has 1 aromatic heterocycles. The highest BCUT2D eigenvalue weighted by atomic mass is 16.6. The van der Waals surface area contributed by atoms with E-state index in [1.807, 2.05) is 6.20 Å². The lowest BCUT2D eigenvalue weighted by molar-refractivity contribution is -0.384. The molecule has 0 amide bonds. The first-order chi connectivity index (χ1) is 8.49. The number of non-ortho nitro benzene ring substituents is 1. The Bertz CT molecular complexity index is 630. The molecule has 18 heavy (non-hydrogen) atoms. The Morgan fingerprint density at radius 1 is 1.50 bits per heavy atom. The van der Waals surface area contributed by atoms with Crippen LogP contribution < -0.4 is 0 Å². The van der Waals surface area contributed by atoms with Crippen molar-refractivity contribution in [2.75, 3.05) is 0 Å². The van der Waals surface area contributed by atoms with E-state index in [1.165, 1.54) is 12.1 Å². The maximum absolute atomic E-state index is 10.7. The van der Waals surface area contributed by atoms with E-state index < -0.39 is 10.9 Å². The normalized spacial score (nSPS) is 10.7. The van der Waals surface area contributed by atoms with Gasteiger partial charge in [-0.05, 0) is 18.1 Å². The van der Waals surface area contributed by atoms with Crippen molar-refractivity contribution in [1.82, 2.24) is 4.57 Å². The van der Waals surface area contributed by atoms with Gasteiger partial charge in [-0.25, -0.2) is 0 Å². The molecule has 0 aliphatic rings. The van der Waals surface area contributed by atoms with E-state index in [9.17, 15) is 14.9 Å². The fourth-order valence-electron chi connectivity index (χ4n) is 2.01. The highest BCUT2D eigenvalue weighted by molar-refractivity contribution is 5.86. The first kappa shape index (κ1) is 12.1. The molecule has 6 heteroatoms. The number of aliphatic carboxylic acids is 1. The number of nitro benzene ring substituents is 1. The quantitative estimate of drug-likeness (QED) is 0.663. The number of aryl methyl sites for hydroxylation is 2. The molecule has 0 saturated carbocycles. The fourth-order valence-corrected chi connectivity index (χ4v) is 2.01. The van der Waals surface area contributed by atoms with Gasteiger partial charge in [0.25, 0.3) is 5.69 Å². The van der Waals surface area contributed by atoms with Crippen LogP contribution in [0.15, 0.2) is 24.4 Å².